The fourth-order valence-corrected chi connectivity index (χ4v) is 14.2. The summed E-state index contributed by atoms with van der Waals surface area (Å²) in [6.45, 7) is 1.74. The topological polar surface area (TPSA) is 307 Å². The van der Waals surface area contributed by atoms with Crippen molar-refractivity contribution in [1.82, 2.24) is 5.32 Å². The molecule has 3 fully saturated rings. The summed E-state index contributed by atoms with van der Waals surface area (Å²) in [5.41, 5.74) is 0. The lowest BCUT2D eigenvalue weighted by Gasteiger charge is -2.48. The largest absolute Gasteiger partial charge is 0.394 e. The summed E-state index contributed by atoms with van der Waals surface area (Å²) < 4.78 is 34.6. The van der Waals surface area contributed by atoms with E-state index in [1.54, 1.807) is 0 Å². The number of hydrogen-bond donors (Lipinski definition) is 12. The molecule has 3 rings (SSSR count). The molecule has 12 N–H and O–H groups in total. The first-order chi connectivity index (χ1) is 50.3. The van der Waals surface area contributed by atoms with Gasteiger partial charge in [0.05, 0.1) is 38.6 Å². The van der Waals surface area contributed by atoms with Crippen LogP contribution in [0.1, 0.15) is 335 Å². The lowest BCUT2D eigenvalue weighted by molar-refractivity contribution is -0.379. The van der Waals surface area contributed by atoms with Crippen LogP contribution < -0.4 is 5.32 Å². The van der Waals surface area contributed by atoms with Gasteiger partial charge in [-0.15, -0.1) is 0 Å². The zero-order chi connectivity index (χ0) is 74.6. The van der Waals surface area contributed by atoms with Crippen LogP contribution in [0.2, 0.25) is 0 Å². The molecule has 19 heteroatoms. The van der Waals surface area contributed by atoms with Crippen LogP contribution in [-0.2, 0) is 33.2 Å². The maximum atomic E-state index is 13.5. The third-order valence-corrected chi connectivity index (χ3v) is 20.9. The molecular formula is C84H153NO18. The van der Waals surface area contributed by atoms with Crippen LogP contribution in [-0.4, -0.2) is 193 Å². The average Bonchev–Trinajstić information content (AvgIpc) is 0.781. The lowest BCUT2D eigenvalue weighted by atomic mass is 9.96. The van der Waals surface area contributed by atoms with Gasteiger partial charge in [0, 0.05) is 6.42 Å². The van der Waals surface area contributed by atoms with Gasteiger partial charge in [0.1, 0.15) is 73.2 Å². The molecule has 0 saturated carbocycles. The Morgan fingerprint density at radius 3 is 1.05 bits per heavy atom. The van der Waals surface area contributed by atoms with Crippen LogP contribution >= 0.6 is 0 Å². The number of amides is 1. The van der Waals surface area contributed by atoms with E-state index in [1.807, 2.05) is 0 Å². The predicted octanol–water partition coefficient (Wildman–Crippen LogP) is 14.6. The van der Waals surface area contributed by atoms with Gasteiger partial charge in [-0.05, 0) is 57.8 Å². The lowest BCUT2D eigenvalue weighted by Crippen LogP contribution is -2.66. The molecule has 0 bridgehead atoms. The minimum atomic E-state index is -1.97. The quantitative estimate of drug-likeness (QED) is 0.0199. The molecule has 3 aliphatic heterocycles. The minimum Gasteiger partial charge on any atom is -0.394 e. The molecule has 17 atom stereocenters. The molecule has 103 heavy (non-hydrogen) atoms. The van der Waals surface area contributed by atoms with Crippen molar-refractivity contribution in [3.63, 3.8) is 0 Å². The summed E-state index contributed by atoms with van der Waals surface area (Å²) in [6, 6.07) is -0.891. The Morgan fingerprint density at radius 1 is 0.359 bits per heavy atom. The summed E-state index contributed by atoms with van der Waals surface area (Å²) in [4.78, 5) is 13.5. The zero-order valence-electron chi connectivity index (χ0n) is 64.5. The number of carbonyl (C=O) groups excluding carboxylic acids is 1. The third-order valence-electron chi connectivity index (χ3n) is 20.9. The van der Waals surface area contributed by atoms with Gasteiger partial charge in [-0.2, -0.15) is 0 Å². The van der Waals surface area contributed by atoms with Crippen molar-refractivity contribution in [2.75, 3.05) is 26.4 Å². The van der Waals surface area contributed by atoms with Crippen LogP contribution in [0, 0.1) is 0 Å². The number of carbonyl (C=O) groups is 1. The number of aliphatic hydroxyl groups is 11. The Morgan fingerprint density at radius 2 is 0.670 bits per heavy atom. The summed E-state index contributed by atoms with van der Waals surface area (Å²) in [5, 5.41) is 121. The fraction of sp³-hybridized carbons (Fsp3) is 0.869. The second-order valence-corrected chi connectivity index (χ2v) is 29.9. The molecule has 0 aromatic rings. The van der Waals surface area contributed by atoms with Crippen LogP contribution in [0.15, 0.2) is 60.8 Å². The van der Waals surface area contributed by atoms with Gasteiger partial charge in [-0.3, -0.25) is 4.79 Å². The Labute approximate surface area is 624 Å². The van der Waals surface area contributed by atoms with Gasteiger partial charge < -0.3 is 89.9 Å². The van der Waals surface area contributed by atoms with Crippen molar-refractivity contribution in [3.05, 3.63) is 60.8 Å². The first-order valence-electron chi connectivity index (χ1n) is 42.0. The molecule has 3 aliphatic rings. The number of aliphatic hydroxyl groups excluding tert-OH is 11. The SMILES string of the molecule is CC/C=C\C/C=C\C/C=C\C/C=C\C/C=C\CCCCCCCCCCCCCCCCCC(=O)NC(COC1OC(CO)C(OC2OC(CO)C(OC3OC(CO)C(O)C(O)C3O)C(O)C2O)C(O)C1O)C(O)CCCCCCCCCCCCCCCCCCCCCCCCCCCCC. The number of allylic oxidation sites excluding steroid dienone is 10. The van der Waals surface area contributed by atoms with Gasteiger partial charge in [-0.1, -0.05) is 331 Å². The predicted molar refractivity (Wildman–Crippen MR) is 411 cm³/mol. The van der Waals surface area contributed by atoms with E-state index in [0.717, 1.165) is 77.0 Å². The monoisotopic (exact) mass is 1460 g/mol. The van der Waals surface area contributed by atoms with Gasteiger partial charge >= 0.3 is 0 Å². The molecule has 0 spiro atoms. The van der Waals surface area contributed by atoms with E-state index in [9.17, 15) is 61.0 Å². The molecule has 0 aromatic heterocycles. The number of unbranched alkanes of at least 4 members (excludes halogenated alkanes) is 41. The minimum absolute atomic E-state index is 0.240. The van der Waals surface area contributed by atoms with Crippen LogP contribution in [0.3, 0.4) is 0 Å². The van der Waals surface area contributed by atoms with E-state index >= 15 is 0 Å². The first kappa shape index (κ1) is 94.7. The van der Waals surface area contributed by atoms with Crippen molar-refractivity contribution < 1.29 is 89.4 Å². The molecule has 0 aliphatic carbocycles. The van der Waals surface area contributed by atoms with Crippen molar-refractivity contribution in [3.8, 4) is 0 Å². The molecule has 1 amide bonds. The van der Waals surface area contributed by atoms with Crippen LogP contribution in [0.25, 0.3) is 0 Å². The normalized spacial score (nSPS) is 26.3. The van der Waals surface area contributed by atoms with Crippen molar-refractivity contribution >= 4 is 5.91 Å². The molecule has 3 heterocycles. The summed E-state index contributed by atoms with van der Waals surface area (Å²) in [7, 11) is 0. The Balaban J connectivity index is 1.35. The highest BCUT2D eigenvalue weighted by Crippen LogP contribution is 2.33. The van der Waals surface area contributed by atoms with E-state index in [1.165, 1.54) is 225 Å². The second kappa shape index (κ2) is 64.3. The molecule has 0 aromatic carbocycles. The Kier molecular flexibility index (Phi) is 59.1. The van der Waals surface area contributed by atoms with Gasteiger partial charge in [0.25, 0.3) is 0 Å². The second-order valence-electron chi connectivity index (χ2n) is 29.9. The Hall–Kier alpha value is -2.51. The first-order valence-corrected chi connectivity index (χ1v) is 42.0. The van der Waals surface area contributed by atoms with Crippen LogP contribution in [0.4, 0.5) is 0 Å². The standard InChI is InChI=1S/C84H153NO18/c1-3-5-7-9-11-13-15-17-19-21-23-25-27-29-31-32-33-34-36-38-40-42-44-46-48-50-52-54-56-58-60-62-72(90)85-67(68(89)61-59-57-55-53-51-49-47-45-43-41-39-37-35-30-28-26-24-22-20-18-16-14-12-10-8-6-4-2)66-98-82-78(96)75(93)80(70(64-87)100-82)103-84-79(97)76(94)81(71(65-88)101-84)102-83-77(95)74(92)73(91)69(63-86)99-83/h5,7,11,13,17,19,23,25,29,31,67-71,73-84,86-89,91-97H,3-4,6,8-10,12,14-16,18,20-22,24,26-28,30,32-66H2,1-2H3,(H,85,90)/b7-5-,13-11-,19-17-,25-23-,31-29-. The number of hydrogen-bond acceptors (Lipinski definition) is 18. The van der Waals surface area contributed by atoms with Gasteiger partial charge in [-0.25, -0.2) is 0 Å². The maximum absolute atomic E-state index is 13.5. The van der Waals surface area contributed by atoms with Gasteiger partial charge in [0.2, 0.25) is 5.91 Å². The highest BCUT2D eigenvalue weighted by Gasteiger charge is 2.54. The smallest absolute Gasteiger partial charge is 0.220 e. The van der Waals surface area contributed by atoms with Crippen molar-refractivity contribution in [2.45, 2.75) is 439 Å². The molecule has 3 saturated heterocycles. The van der Waals surface area contributed by atoms with E-state index in [0.29, 0.717) is 12.8 Å². The highest BCUT2D eigenvalue weighted by atomic mass is 16.8. The van der Waals surface area contributed by atoms with E-state index < -0.39 is 124 Å². The van der Waals surface area contributed by atoms with Crippen molar-refractivity contribution in [2.24, 2.45) is 0 Å². The summed E-state index contributed by atoms with van der Waals surface area (Å²) in [6.07, 6.45) is 55.9. The number of nitrogens with one attached hydrogen (secondary N) is 1. The van der Waals surface area contributed by atoms with E-state index in [-0.39, 0.29) is 18.9 Å². The molecule has 19 nitrogen and oxygen atoms in total. The number of ether oxygens (including phenoxy) is 6. The highest BCUT2D eigenvalue weighted by molar-refractivity contribution is 5.76. The molecule has 17 unspecified atom stereocenters. The average molecular weight is 1470 g/mol. The number of rotatable bonds is 67. The fourth-order valence-electron chi connectivity index (χ4n) is 14.2. The summed E-state index contributed by atoms with van der Waals surface area (Å²) in [5.74, 6) is -0.240. The van der Waals surface area contributed by atoms with Gasteiger partial charge in [0.15, 0.2) is 18.9 Å². The van der Waals surface area contributed by atoms with E-state index in [4.69, 9.17) is 28.4 Å². The van der Waals surface area contributed by atoms with E-state index in [2.05, 4.69) is 79.9 Å². The Bertz CT molecular complexity index is 2090. The molecule has 0 radical (unpaired) electrons. The van der Waals surface area contributed by atoms with Crippen molar-refractivity contribution in [1.29, 1.82) is 0 Å². The summed E-state index contributed by atoms with van der Waals surface area (Å²) >= 11 is 0. The molecule has 602 valence electrons. The third kappa shape index (κ3) is 44.1. The maximum Gasteiger partial charge on any atom is 0.220 e. The van der Waals surface area contributed by atoms with Crippen LogP contribution in [0.5, 0.6) is 0 Å². The zero-order valence-corrected chi connectivity index (χ0v) is 64.5. The molecular weight excluding hydrogens is 1310 g/mol.